The molecule has 2 aliphatic heterocycles. The van der Waals surface area contributed by atoms with E-state index in [2.05, 4.69) is 42.5 Å². The Morgan fingerprint density at radius 2 is 1.55 bits per heavy atom. The van der Waals surface area contributed by atoms with Gasteiger partial charge in [0.05, 0.1) is 26.6 Å². The summed E-state index contributed by atoms with van der Waals surface area (Å²) < 4.78 is 25.5. The molecule has 3 aromatic rings. The number of benzene rings is 3. The van der Waals surface area contributed by atoms with Crippen molar-refractivity contribution in [2.24, 2.45) is 17.8 Å². The Morgan fingerprint density at radius 3 is 2.35 bits per heavy atom. The largest absolute Gasteiger partial charge is 0.496 e. The molecule has 2 aliphatic carbocycles. The van der Waals surface area contributed by atoms with Crippen LogP contribution in [0.4, 0.5) is 0 Å². The van der Waals surface area contributed by atoms with Gasteiger partial charge in [-0.3, -0.25) is 0 Å². The van der Waals surface area contributed by atoms with Crippen LogP contribution in [-0.2, 0) is 6.42 Å². The van der Waals surface area contributed by atoms with Crippen molar-refractivity contribution in [1.82, 2.24) is 0 Å². The van der Waals surface area contributed by atoms with Crippen molar-refractivity contribution in [3.63, 3.8) is 0 Å². The molecular weight excluding hydrogens is 388 g/mol. The van der Waals surface area contributed by atoms with Crippen molar-refractivity contribution >= 4 is 10.8 Å². The SMILES string of the molecule is COc1c2c(c(OC)c3ccccc13)O[C@]1(C2)Oc2ccccc2[C@@H]2[C@H]1[C@@H]1C=C[C@H]2C1. The average molecular weight is 412 g/mol. The van der Waals surface area contributed by atoms with Gasteiger partial charge >= 0.3 is 0 Å². The highest BCUT2D eigenvalue weighted by Gasteiger charge is 2.63. The second-order valence-corrected chi connectivity index (χ2v) is 9.15. The second kappa shape index (κ2) is 5.97. The van der Waals surface area contributed by atoms with Crippen LogP contribution in [0.3, 0.4) is 0 Å². The van der Waals surface area contributed by atoms with E-state index in [-0.39, 0.29) is 5.92 Å². The van der Waals surface area contributed by atoms with Crippen LogP contribution >= 0.6 is 0 Å². The lowest BCUT2D eigenvalue weighted by atomic mass is 9.71. The summed E-state index contributed by atoms with van der Waals surface area (Å²) in [6, 6.07) is 16.7. The molecule has 2 bridgehead atoms. The monoisotopic (exact) mass is 412 g/mol. The highest BCUT2D eigenvalue weighted by Crippen LogP contribution is 2.65. The number of hydrogen-bond acceptors (Lipinski definition) is 4. The van der Waals surface area contributed by atoms with E-state index in [0.717, 1.165) is 39.3 Å². The van der Waals surface area contributed by atoms with Gasteiger partial charge in [-0.25, -0.2) is 0 Å². The molecule has 4 aliphatic rings. The van der Waals surface area contributed by atoms with E-state index in [1.807, 2.05) is 18.2 Å². The van der Waals surface area contributed by atoms with Crippen LogP contribution in [0.25, 0.3) is 10.8 Å². The predicted octanol–water partition coefficient (Wildman–Crippen LogP) is 5.49. The zero-order chi connectivity index (χ0) is 20.7. The van der Waals surface area contributed by atoms with Gasteiger partial charge in [0.15, 0.2) is 11.5 Å². The maximum Gasteiger partial charge on any atom is 0.259 e. The first-order chi connectivity index (χ1) is 15.2. The molecule has 0 radical (unpaired) electrons. The third-order valence-electron chi connectivity index (χ3n) is 7.80. The zero-order valence-corrected chi connectivity index (χ0v) is 17.6. The van der Waals surface area contributed by atoms with Gasteiger partial charge in [-0.05, 0) is 29.9 Å². The van der Waals surface area contributed by atoms with Crippen molar-refractivity contribution in [2.45, 2.75) is 24.5 Å². The van der Waals surface area contributed by atoms with Crippen LogP contribution in [0.2, 0.25) is 0 Å². The lowest BCUT2D eigenvalue weighted by Crippen LogP contribution is -2.54. The molecule has 31 heavy (non-hydrogen) atoms. The first-order valence-electron chi connectivity index (χ1n) is 11.0. The summed E-state index contributed by atoms with van der Waals surface area (Å²) in [6.07, 6.45) is 6.60. The summed E-state index contributed by atoms with van der Waals surface area (Å²) in [6.45, 7) is 0. The number of ether oxygens (including phenoxy) is 4. The molecule has 4 heteroatoms. The Kier molecular flexibility index (Phi) is 3.38. The van der Waals surface area contributed by atoms with E-state index in [0.29, 0.717) is 24.2 Å². The van der Waals surface area contributed by atoms with Crippen LogP contribution in [0.5, 0.6) is 23.0 Å². The minimum atomic E-state index is -0.747. The number of rotatable bonds is 2. The van der Waals surface area contributed by atoms with Crippen molar-refractivity contribution in [1.29, 1.82) is 0 Å². The van der Waals surface area contributed by atoms with Crippen molar-refractivity contribution in [3.05, 3.63) is 71.8 Å². The van der Waals surface area contributed by atoms with Crippen LogP contribution in [0.1, 0.15) is 23.5 Å². The lowest BCUT2D eigenvalue weighted by Gasteiger charge is -2.46. The lowest BCUT2D eigenvalue weighted by molar-refractivity contribution is -0.163. The zero-order valence-electron chi connectivity index (χ0n) is 17.6. The fourth-order valence-electron chi connectivity index (χ4n) is 6.76. The maximum atomic E-state index is 6.87. The summed E-state index contributed by atoms with van der Waals surface area (Å²) in [5.74, 6) is 4.28. The molecule has 1 fully saturated rings. The van der Waals surface area contributed by atoms with Gasteiger partial charge in [-0.2, -0.15) is 0 Å². The van der Waals surface area contributed by atoms with E-state index in [1.54, 1.807) is 14.2 Å². The van der Waals surface area contributed by atoms with E-state index < -0.39 is 5.79 Å². The maximum absolute atomic E-state index is 6.87. The molecule has 1 spiro atoms. The van der Waals surface area contributed by atoms with E-state index in [4.69, 9.17) is 18.9 Å². The summed E-state index contributed by atoms with van der Waals surface area (Å²) in [4.78, 5) is 0. The Balaban J connectivity index is 1.46. The smallest absolute Gasteiger partial charge is 0.259 e. The summed E-state index contributed by atoms with van der Waals surface area (Å²) in [5, 5.41) is 2.04. The Hall–Kier alpha value is -3.14. The van der Waals surface area contributed by atoms with Crippen molar-refractivity contribution in [3.8, 4) is 23.0 Å². The van der Waals surface area contributed by atoms with Crippen LogP contribution in [0, 0.1) is 17.8 Å². The van der Waals surface area contributed by atoms with Gasteiger partial charge < -0.3 is 18.9 Å². The highest BCUT2D eigenvalue weighted by atomic mass is 16.7. The quantitative estimate of drug-likeness (QED) is 0.522. The van der Waals surface area contributed by atoms with E-state index >= 15 is 0 Å². The van der Waals surface area contributed by atoms with Gasteiger partial charge in [0.1, 0.15) is 11.5 Å². The van der Waals surface area contributed by atoms with E-state index in [1.165, 1.54) is 12.0 Å². The third-order valence-corrected chi connectivity index (χ3v) is 7.80. The Bertz CT molecular complexity index is 1210. The van der Waals surface area contributed by atoms with Gasteiger partial charge in [0.2, 0.25) is 0 Å². The van der Waals surface area contributed by atoms with Crippen LogP contribution in [0.15, 0.2) is 60.7 Å². The molecule has 5 atom stereocenters. The highest BCUT2D eigenvalue weighted by molar-refractivity contribution is 5.97. The molecule has 0 aromatic heterocycles. The van der Waals surface area contributed by atoms with E-state index in [9.17, 15) is 0 Å². The normalized spacial score (nSPS) is 31.2. The molecule has 3 aromatic carbocycles. The fourth-order valence-corrected chi connectivity index (χ4v) is 6.76. The molecule has 2 heterocycles. The summed E-state index contributed by atoms with van der Waals surface area (Å²) >= 11 is 0. The topological polar surface area (TPSA) is 36.9 Å². The summed E-state index contributed by atoms with van der Waals surface area (Å²) in [5.41, 5.74) is 2.36. The molecule has 4 nitrogen and oxygen atoms in total. The molecular formula is C27H24O4. The van der Waals surface area contributed by atoms with Crippen LogP contribution in [-0.4, -0.2) is 20.0 Å². The van der Waals surface area contributed by atoms with Crippen molar-refractivity contribution < 1.29 is 18.9 Å². The van der Waals surface area contributed by atoms with Gasteiger partial charge in [-0.15, -0.1) is 0 Å². The standard InChI is InChI=1S/C27H24O4/c1-28-24-17-7-3-4-8-18(17)25(29-2)26-20(24)14-27(31-26)23-16-12-11-15(13-16)22(23)19-9-5-6-10-21(19)30-27/h3-12,15-16,22-23H,13-14H2,1-2H3/t15-,16+,22+,23+,27-/m0/s1. The number of para-hydroxylation sites is 1. The molecule has 0 N–H and O–H groups in total. The molecule has 156 valence electrons. The Morgan fingerprint density at radius 1 is 0.839 bits per heavy atom. The predicted molar refractivity (Wildman–Crippen MR) is 118 cm³/mol. The summed E-state index contributed by atoms with van der Waals surface area (Å²) in [7, 11) is 3.45. The molecule has 1 saturated carbocycles. The minimum Gasteiger partial charge on any atom is -0.496 e. The van der Waals surface area contributed by atoms with Crippen LogP contribution < -0.4 is 18.9 Å². The second-order valence-electron chi connectivity index (χ2n) is 9.15. The first-order valence-corrected chi connectivity index (χ1v) is 11.0. The number of hydrogen-bond donors (Lipinski definition) is 0. The average Bonchev–Trinajstić information content (AvgIpc) is 3.51. The molecule has 7 rings (SSSR count). The molecule has 0 saturated heterocycles. The number of fused-ring (bicyclic) bond motifs is 10. The van der Waals surface area contributed by atoms with Gasteiger partial charge in [0.25, 0.3) is 5.79 Å². The molecule has 0 amide bonds. The molecule has 0 unspecified atom stereocenters. The van der Waals surface area contributed by atoms with Crippen molar-refractivity contribution in [2.75, 3.05) is 14.2 Å². The van der Waals surface area contributed by atoms with Gasteiger partial charge in [-0.1, -0.05) is 54.6 Å². The van der Waals surface area contributed by atoms with Gasteiger partial charge in [0, 0.05) is 22.3 Å². The third kappa shape index (κ3) is 2.10. The number of allylic oxidation sites excluding steroid dienone is 2. The minimum absolute atomic E-state index is 0.266. The first kappa shape index (κ1) is 17.5. The Labute approximate surface area is 181 Å². The number of methoxy groups -OCH3 is 2. The fraction of sp³-hybridized carbons (Fsp3) is 0.333.